The minimum Gasteiger partial charge on any atom is -0.473 e. The third kappa shape index (κ3) is 1.29. The number of hydrogen-bond acceptors (Lipinski definition) is 2. The highest BCUT2D eigenvalue weighted by Gasteiger charge is 2.37. The Bertz CT molecular complexity index is 212. The number of hydrogen-bond donors (Lipinski definition) is 1. The van der Waals surface area contributed by atoms with E-state index in [-0.39, 0.29) is 0 Å². The van der Waals surface area contributed by atoms with E-state index in [0.717, 1.165) is 18.2 Å². The zero-order valence-corrected chi connectivity index (χ0v) is 6.88. The molecule has 2 aliphatic carbocycles. The van der Waals surface area contributed by atoms with Gasteiger partial charge in [-0.15, -0.1) is 0 Å². The fraction of sp³-hybridized carbons (Fsp3) is 0.625. The van der Waals surface area contributed by atoms with Gasteiger partial charge in [-0.1, -0.05) is 12.2 Å². The maximum absolute atomic E-state index is 10.4. The van der Waals surface area contributed by atoms with E-state index in [9.17, 15) is 4.79 Å². The molecule has 1 N–H and O–H groups in total. The fourth-order valence-electron chi connectivity index (χ4n) is 2.00. The first-order chi connectivity index (χ1) is 5.25. The Morgan fingerprint density at radius 2 is 2.27 bits per heavy atom. The molecule has 2 rings (SSSR count). The van der Waals surface area contributed by atoms with Crippen molar-refractivity contribution in [1.82, 2.24) is 0 Å². The van der Waals surface area contributed by atoms with Crippen LogP contribution in [0.5, 0.6) is 0 Å². The molecule has 3 heteroatoms. The second-order valence-electron chi connectivity index (χ2n) is 3.20. The molecule has 2 nitrogen and oxygen atoms in total. The van der Waals surface area contributed by atoms with Crippen molar-refractivity contribution >= 4 is 17.1 Å². The molecule has 60 valence electrons. The largest absolute Gasteiger partial charge is 0.473 e. The van der Waals surface area contributed by atoms with Crippen molar-refractivity contribution < 1.29 is 9.90 Å². The van der Waals surface area contributed by atoms with Crippen molar-refractivity contribution in [3.8, 4) is 0 Å². The molecule has 0 saturated heterocycles. The van der Waals surface area contributed by atoms with E-state index in [1.165, 1.54) is 6.42 Å². The van der Waals surface area contributed by atoms with Gasteiger partial charge in [0.25, 0.3) is 0 Å². The van der Waals surface area contributed by atoms with Crippen molar-refractivity contribution in [2.75, 3.05) is 0 Å². The molecule has 2 bridgehead atoms. The summed E-state index contributed by atoms with van der Waals surface area (Å²) >= 11 is 1.09. The monoisotopic (exact) mass is 170 g/mol. The Kier molecular flexibility index (Phi) is 1.68. The lowest BCUT2D eigenvalue weighted by molar-refractivity contribution is 0.222. The zero-order valence-electron chi connectivity index (χ0n) is 6.06. The van der Waals surface area contributed by atoms with Gasteiger partial charge in [-0.05, 0) is 36.4 Å². The summed E-state index contributed by atoms with van der Waals surface area (Å²) in [4.78, 5) is 10.4. The second kappa shape index (κ2) is 2.55. The quantitative estimate of drug-likeness (QED) is 0.614. The van der Waals surface area contributed by atoms with Crippen molar-refractivity contribution in [2.45, 2.75) is 18.1 Å². The van der Waals surface area contributed by atoms with Crippen LogP contribution in [0.3, 0.4) is 0 Å². The third-order valence-electron chi connectivity index (χ3n) is 2.47. The van der Waals surface area contributed by atoms with Crippen molar-refractivity contribution in [2.24, 2.45) is 11.8 Å². The number of carbonyl (C=O) groups is 1. The van der Waals surface area contributed by atoms with Gasteiger partial charge in [0.15, 0.2) is 0 Å². The van der Waals surface area contributed by atoms with E-state index in [1.807, 2.05) is 0 Å². The van der Waals surface area contributed by atoms with E-state index < -0.39 is 5.30 Å². The average molecular weight is 170 g/mol. The SMILES string of the molecule is O=C(O)SC1CC2C=CC1C2. The van der Waals surface area contributed by atoms with E-state index >= 15 is 0 Å². The maximum atomic E-state index is 10.4. The van der Waals surface area contributed by atoms with E-state index in [1.54, 1.807) is 0 Å². The van der Waals surface area contributed by atoms with Gasteiger partial charge in [0.1, 0.15) is 0 Å². The van der Waals surface area contributed by atoms with Crippen molar-refractivity contribution in [3.63, 3.8) is 0 Å². The van der Waals surface area contributed by atoms with E-state index in [2.05, 4.69) is 12.2 Å². The normalized spacial score (nSPS) is 39.8. The topological polar surface area (TPSA) is 37.3 Å². The molecule has 0 aromatic carbocycles. The lowest BCUT2D eigenvalue weighted by atomic mass is 10.1. The average Bonchev–Trinajstić information content (AvgIpc) is 2.45. The zero-order chi connectivity index (χ0) is 7.84. The minimum absolute atomic E-state index is 0.350. The van der Waals surface area contributed by atoms with E-state index in [0.29, 0.717) is 17.1 Å². The molecule has 1 fully saturated rings. The van der Waals surface area contributed by atoms with Crippen LogP contribution in [0.25, 0.3) is 0 Å². The molecule has 0 radical (unpaired) electrons. The van der Waals surface area contributed by atoms with Crippen LogP contribution >= 0.6 is 11.8 Å². The summed E-state index contributed by atoms with van der Waals surface area (Å²) in [5.74, 6) is 1.22. The molecule has 0 aromatic rings. The smallest absolute Gasteiger partial charge is 0.365 e. The molecule has 3 atom stereocenters. The van der Waals surface area contributed by atoms with Crippen molar-refractivity contribution in [3.05, 3.63) is 12.2 Å². The highest BCUT2D eigenvalue weighted by Crippen LogP contribution is 2.44. The molecule has 3 unspecified atom stereocenters. The maximum Gasteiger partial charge on any atom is 0.365 e. The Morgan fingerprint density at radius 3 is 2.73 bits per heavy atom. The highest BCUT2D eigenvalue weighted by atomic mass is 32.2. The first-order valence-corrected chi connectivity index (χ1v) is 4.71. The number of allylic oxidation sites excluding steroid dienone is 2. The van der Waals surface area contributed by atoms with Gasteiger partial charge in [-0.3, -0.25) is 0 Å². The molecule has 0 heterocycles. The van der Waals surface area contributed by atoms with Crippen LogP contribution in [0.15, 0.2) is 12.2 Å². The van der Waals surface area contributed by atoms with Crippen LogP contribution in [0.2, 0.25) is 0 Å². The number of fused-ring (bicyclic) bond motifs is 2. The number of rotatable bonds is 1. The van der Waals surface area contributed by atoms with Gasteiger partial charge in [-0.25, -0.2) is 4.79 Å². The van der Waals surface area contributed by atoms with Crippen LogP contribution in [-0.2, 0) is 0 Å². The fourth-order valence-corrected chi connectivity index (χ4v) is 2.97. The predicted molar refractivity (Wildman–Crippen MR) is 44.8 cm³/mol. The second-order valence-corrected chi connectivity index (χ2v) is 4.39. The number of thioether (sulfide) groups is 1. The standard InChI is InChI=1S/C8H10O2S/c9-8(10)11-7-4-5-1-2-6(7)3-5/h1-2,5-7H,3-4H2,(H,9,10). The Labute approximate surface area is 69.7 Å². The van der Waals surface area contributed by atoms with E-state index in [4.69, 9.17) is 5.11 Å². The van der Waals surface area contributed by atoms with Crippen LogP contribution in [-0.4, -0.2) is 15.7 Å². The first kappa shape index (κ1) is 7.22. The molecule has 0 aromatic heterocycles. The molecule has 0 amide bonds. The van der Waals surface area contributed by atoms with Gasteiger partial charge >= 0.3 is 5.30 Å². The summed E-state index contributed by atoms with van der Waals surface area (Å²) in [5, 5.41) is 8.16. The van der Waals surface area contributed by atoms with Crippen LogP contribution < -0.4 is 0 Å². The minimum atomic E-state index is -0.726. The Hall–Kier alpha value is -0.440. The summed E-state index contributed by atoms with van der Waals surface area (Å²) in [6.45, 7) is 0. The van der Waals surface area contributed by atoms with Crippen LogP contribution in [0.4, 0.5) is 4.79 Å². The van der Waals surface area contributed by atoms with Crippen LogP contribution in [0, 0.1) is 11.8 Å². The molecular weight excluding hydrogens is 160 g/mol. The van der Waals surface area contributed by atoms with Crippen LogP contribution in [0.1, 0.15) is 12.8 Å². The molecule has 1 saturated carbocycles. The highest BCUT2D eigenvalue weighted by molar-refractivity contribution is 8.13. The molecule has 11 heavy (non-hydrogen) atoms. The van der Waals surface area contributed by atoms with Gasteiger partial charge in [0.05, 0.1) is 0 Å². The van der Waals surface area contributed by atoms with Gasteiger partial charge in [0.2, 0.25) is 0 Å². The molecular formula is C8H10O2S. The molecule has 2 aliphatic rings. The summed E-state index contributed by atoms with van der Waals surface area (Å²) in [6.07, 6.45) is 6.65. The van der Waals surface area contributed by atoms with Crippen molar-refractivity contribution in [1.29, 1.82) is 0 Å². The Morgan fingerprint density at radius 1 is 1.45 bits per heavy atom. The molecule has 0 aliphatic heterocycles. The summed E-state index contributed by atoms with van der Waals surface area (Å²) in [5.41, 5.74) is 0. The summed E-state index contributed by atoms with van der Waals surface area (Å²) < 4.78 is 0. The Balaban J connectivity index is 1.98. The predicted octanol–water partition coefficient (Wildman–Crippen LogP) is 2.36. The van der Waals surface area contributed by atoms with Gasteiger partial charge in [0, 0.05) is 5.25 Å². The lowest BCUT2D eigenvalue weighted by Crippen LogP contribution is -2.11. The van der Waals surface area contributed by atoms with Gasteiger partial charge < -0.3 is 5.11 Å². The number of carboxylic acid groups (broad SMARTS) is 1. The first-order valence-electron chi connectivity index (χ1n) is 3.83. The summed E-state index contributed by atoms with van der Waals surface area (Å²) in [7, 11) is 0. The third-order valence-corrected chi connectivity index (χ3v) is 3.52. The van der Waals surface area contributed by atoms with Gasteiger partial charge in [-0.2, -0.15) is 0 Å². The lowest BCUT2D eigenvalue weighted by Gasteiger charge is -2.13. The summed E-state index contributed by atoms with van der Waals surface area (Å²) in [6, 6.07) is 0. The molecule has 0 spiro atoms.